The van der Waals surface area contributed by atoms with Crippen LogP contribution < -0.4 is 22.3 Å². The number of hydrogen-bond acceptors (Lipinski definition) is 4. The van der Waals surface area contributed by atoms with Crippen molar-refractivity contribution in [3.8, 4) is 0 Å². The summed E-state index contributed by atoms with van der Waals surface area (Å²) in [6.45, 7) is 2.55. The number of rotatable bonds is 13. The Morgan fingerprint density at radius 1 is 1.00 bits per heavy atom. The molecule has 1 amide bonds. The van der Waals surface area contributed by atoms with Crippen molar-refractivity contribution in [2.45, 2.75) is 77.7 Å². The number of aromatic amines is 1. The Balaban J connectivity index is 2.33. The summed E-state index contributed by atoms with van der Waals surface area (Å²) in [5, 5.41) is 2.24. The Bertz CT molecular complexity index is 607. The lowest BCUT2D eigenvalue weighted by molar-refractivity contribution is -0.105. The lowest BCUT2D eigenvalue weighted by Gasteiger charge is -2.08. The quantitative estimate of drug-likeness (QED) is 0.379. The van der Waals surface area contributed by atoms with Crippen molar-refractivity contribution in [2.75, 3.05) is 11.1 Å². The van der Waals surface area contributed by atoms with E-state index < -0.39 is 11.2 Å². The van der Waals surface area contributed by atoms with Crippen LogP contribution in [0.2, 0.25) is 0 Å². The molecule has 1 rings (SSSR count). The molecule has 7 heteroatoms. The van der Waals surface area contributed by atoms with Gasteiger partial charge in [-0.25, -0.2) is 4.79 Å². The van der Waals surface area contributed by atoms with Gasteiger partial charge in [0, 0.05) is 6.54 Å². The summed E-state index contributed by atoms with van der Waals surface area (Å²) in [6.07, 6.45) is 12.2. The summed E-state index contributed by atoms with van der Waals surface area (Å²) < 4.78 is 1.09. The molecule has 0 aliphatic carbocycles. The topological polar surface area (TPSA) is 110 Å². The average molecular weight is 338 g/mol. The summed E-state index contributed by atoms with van der Waals surface area (Å²) in [4.78, 5) is 36.8. The zero-order valence-electron chi connectivity index (χ0n) is 14.6. The summed E-state index contributed by atoms with van der Waals surface area (Å²) >= 11 is 0. The molecule has 24 heavy (non-hydrogen) atoms. The van der Waals surface area contributed by atoms with Crippen molar-refractivity contribution in [1.29, 1.82) is 0 Å². The predicted molar refractivity (Wildman–Crippen MR) is 97.3 cm³/mol. The SMILES string of the molecule is CCCCCCCCCCCCn1c(=O)[nH]c(N)c(NC=O)c1=O. The maximum Gasteiger partial charge on any atom is 0.330 e. The van der Waals surface area contributed by atoms with E-state index in [4.69, 9.17) is 5.73 Å². The minimum Gasteiger partial charge on any atom is -0.383 e. The third-order valence-electron chi connectivity index (χ3n) is 4.15. The molecule has 0 atom stereocenters. The van der Waals surface area contributed by atoms with E-state index >= 15 is 0 Å². The number of nitrogens with one attached hydrogen (secondary N) is 2. The van der Waals surface area contributed by atoms with Crippen LogP contribution in [-0.4, -0.2) is 16.0 Å². The molecule has 7 nitrogen and oxygen atoms in total. The zero-order valence-corrected chi connectivity index (χ0v) is 14.6. The second-order valence-corrected chi connectivity index (χ2v) is 6.12. The molecule has 0 aromatic carbocycles. The second kappa shape index (κ2) is 11.5. The van der Waals surface area contributed by atoms with Gasteiger partial charge in [0.1, 0.15) is 11.5 Å². The molecule has 136 valence electrons. The van der Waals surface area contributed by atoms with Crippen LogP contribution in [0.1, 0.15) is 71.1 Å². The van der Waals surface area contributed by atoms with E-state index in [9.17, 15) is 14.4 Å². The van der Waals surface area contributed by atoms with Crippen molar-refractivity contribution in [3.63, 3.8) is 0 Å². The van der Waals surface area contributed by atoms with Gasteiger partial charge in [0.25, 0.3) is 5.56 Å². The smallest absolute Gasteiger partial charge is 0.330 e. The maximum atomic E-state index is 12.1. The lowest BCUT2D eigenvalue weighted by Crippen LogP contribution is -2.37. The minimum absolute atomic E-state index is 0.0725. The molecule has 0 fully saturated rings. The predicted octanol–water partition coefficient (Wildman–Crippen LogP) is 2.61. The molecule has 1 aromatic rings. The number of carbonyl (C=O) groups excluding carboxylic acids is 1. The van der Waals surface area contributed by atoms with Gasteiger partial charge < -0.3 is 11.1 Å². The van der Waals surface area contributed by atoms with E-state index in [-0.39, 0.29) is 11.5 Å². The lowest BCUT2D eigenvalue weighted by atomic mass is 10.1. The van der Waals surface area contributed by atoms with Gasteiger partial charge >= 0.3 is 5.69 Å². The average Bonchev–Trinajstić information content (AvgIpc) is 2.55. The molecule has 0 aliphatic heterocycles. The van der Waals surface area contributed by atoms with E-state index in [0.717, 1.165) is 23.8 Å². The minimum atomic E-state index is -0.556. The van der Waals surface area contributed by atoms with Gasteiger partial charge in [-0.05, 0) is 6.42 Å². The second-order valence-electron chi connectivity index (χ2n) is 6.12. The number of unbranched alkanes of at least 4 members (excludes halogenated alkanes) is 9. The summed E-state index contributed by atoms with van der Waals surface area (Å²) in [7, 11) is 0. The number of H-pyrrole nitrogens is 1. The Hall–Kier alpha value is -2.05. The summed E-state index contributed by atoms with van der Waals surface area (Å²) in [5.74, 6) is -0.114. The fraction of sp³-hybridized carbons (Fsp3) is 0.706. The first-order valence-electron chi connectivity index (χ1n) is 8.94. The molecule has 1 aromatic heterocycles. The Labute approximate surface area is 142 Å². The molecule has 0 saturated carbocycles. The van der Waals surface area contributed by atoms with Gasteiger partial charge in [-0.1, -0.05) is 64.7 Å². The van der Waals surface area contributed by atoms with Gasteiger partial charge in [-0.3, -0.25) is 19.1 Å². The molecule has 0 saturated heterocycles. The van der Waals surface area contributed by atoms with Crippen LogP contribution in [0.4, 0.5) is 11.5 Å². The van der Waals surface area contributed by atoms with Crippen LogP contribution in [-0.2, 0) is 11.3 Å². The van der Waals surface area contributed by atoms with Crippen LogP contribution in [0.15, 0.2) is 9.59 Å². The molecule has 0 bridgehead atoms. The highest BCUT2D eigenvalue weighted by atomic mass is 16.2. The maximum absolute atomic E-state index is 12.1. The number of nitrogens with two attached hydrogens (primary N) is 1. The normalized spacial score (nSPS) is 10.7. The van der Waals surface area contributed by atoms with Crippen molar-refractivity contribution >= 4 is 17.9 Å². The van der Waals surface area contributed by atoms with Crippen LogP contribution in [0.5, 0.6) is 0 Å². The molecular weight excluding hydrogens is 308 g/mol. The molecule has 0 radical (unpaired) electrons. The Morgan fingerprint density at radius 3 is 2.08 bits per heavy atom. The fourth-order valence-electron chi connectivity index (χ4n) is 2.75. The number of aromatic nitrogens is 2. The fourth-order valence-corrected chi connectivity index (χ4v) is 2.75. The number of nitrogens with zero attached hydrogens (tertiary/aromatic N) is 1. The number of nitrogen functional groups attached to an aromatic ring is 1. The van der Waals surface area contributed by atoms with E-state index in [1.165, 1.54) is 44.9 Å². The molecule has 0 spiro atoms. The molecule has 0 unspecified atom stereocenters. The molecule has 4 N–H and O–H groups in total. The van der Waals surface area contributed by atoms with Crippen molar-refractivity contribution < 1.29 is 4.79 Å². The number of anilines is 2. The van der Waals surface area contributed by atoms with Gasteiger partial charge in [-0.15, -0.1) is 0 Å². The molecule has 0 aliphatic rings. The molecule has 1 heterocycles. The Kier molecular flexibility index (Phi) is 9.56. The number of carbonyl (C=O) groups is 1. The highest BCUT2D eigenvalue weighted by Gasteiger charge is 2.11. The van der Waals surface area contributed by atoms with Crippen molar-refractivity contribution in [1.82, 2.24) is 9.55 Å². The number of hydrogen-bond donors (Lipinski definition) is 3. The summed E-state index contributed by atoms with van der Waals surface area (Å²) in [5.41, 5.74) is 4.37. The molecular formula is C17H30N4O3. The van der Waals surface area contributed by atoms with E-state index in [1.807, 2.05) is 0 Å². The first kappa shape index (κ1) is 20.0. The number of amides is 1. The van der Waals surface area contributed by atoms with Gasteiger partial charge in [0.05, 0.1) is 0 Å². The van der Waals surface area contributed by atoms with Crippen LogP contribution in [0.25, 0.3) is 0 Å². The van der Waals surface area contributed by atoms with Gasteiger partial charge in [-0.2, -0.15) is 0 Å². The van der Waals surface area contributed by atoms with Gasteiger partial charge in [0.2, 0.25) is 6.41 Å². The van der Waals surface area contributed by atoms with Crippen LogP contribution >= 0.6 is 0 Å². The van der Waals surface area contributed by atoms with Crippen LogP contribution in [0, 0.1) is 0 Å². The first-order valence-corrected chi connectivity index (χ1v) is 8.94. The Morgan fingerprint density at radius 2 is 1.54 bits per heavy atom. The van der Waals surface area contributed by atoms with E-state index in [2.05, 4.69) is 17.2 Å². The largest absolute Gasteiger partial charge is 0.383 e. The van der Waals surface area contributed by atoms with Gasteiger partial charge in [0.15, 0.2) is 0 Å². The highest BCUT2D eigenvalue weighted by molar-refractivity contribution is 5.76. The van der Waals surface area contributed by atoms with E-state index in [0.29, 0.717) is 13.0 Å². The monoisotopic (exact) mass is 338 g/mol. The van der Waals surface area contributed by atoms with Crippen LogP contribution in [0.3, 0.4) is 0 Å². The third kappa shape index (κ3) is 6.60. The van der Waals surface area contributed by atoms with Crippen molar-refractivity contribution in [2.24, 2.45) is 0 Å². The third-order valence-corrected chi connectivity index (χ3v) is 4.15. The highest BCUT2D eigenvalue weighted by Crippen LogP contribution is 2.11. The summed E-state index contributed by atoms with van der Waals surface area (Å²) in [6, 6.07) is 0. The van der Waals surface area contributed by atoms with E-state index in [1.54, 1.807) is 0 Å². The standard InChI is InChI=1S/C17H30N4O3/c1-2-3-4-5-6-7-8-9-10-11-12-21-16(23)14(19-13-22)15(18)20-17(21)24/h13H,2-12,18H2,1H3,(H,19,22)(H,20,24). The first-order chi connectivity index (χ1) is 11.6. The zero-order chi connectivity index (χ0) is 17.8. The van der Waals surface area contributed by atoms with Crippen molar-refractivity contribution in [3.05, 3.63) is 20.8 Å².